The second kappa shape index (κ2) is 3.21. The fourth-order valence-corrected chi connectivity index (χ4v) is 0.316. The Hall–Kier alpha value is -0.830. The van der Waals surface area contributed by atoms with Crippen LogP contribution in [0.25, 0.3) is 0 Å². The van der Waals surface area contributed by atoms with Crippen LogP contribution < -0.4 is 11.5 Å². The van der Waals surface area contributed by atoms with Crippen LogP contribution in [0.4, 0.5) is 0 Å². The van der Waals surface area contributed by atoms with E-state index in [0.29, 0.717) is 0 Å². The molecule has 0 saturated heterocycles. The molecule has 3 nitrogen and oxygen atoms in total. The number of carbonyl (C=O) groups is 1. The highest BCUT2D eigenvalue weighted by Crippen LogP contribution is 1.84. The second-order valence-electron chi connectivity index (χ2n) is 1.57. The first-order chi connectivity index (χ1) is 3.66. The monoisotopic (exact) mass is 114 g/mol. The third kappa shape index (κ3) is 3.36. The third-order valence-electron chi connectivity index (χ3n) is 0.740. The molecule has 0 aromatic heterocycles. The van der Waals surface area contributed by atoms with Gasteiger partial charge >= 0.3 is 0 Å². The van der Waals surface area contributed by atoms with Crippen molar-refractivity contribution < 1.29 is 4.79 Å². The number of hydrogen-bond acceptors (Lipinski definition) is 2. The highest BCUT2D eigenvalue weighted by atomic mass is 16.1. The predicted molar refractivity (Wildman–Crippen MR) is 32.0 cm³/mol. The van der Waals surface area contributed by atoms with Gasteiger partial charge in [0.2, 0.25) is 5.91 Å². The maximum Gasteiger partial charge on any atom is 0.219 e. The van der Waals surface area contributed by atoms with Gasteiger partial charge in [-0.1, -0.05) is 6.08 Å². The Kier molecular flexibility index (Phi) is 2.88. The largest absolute Gasteiger partial charge is 0.370 e. The van der Waals surface area contributed by atoms with Gasteiger partial charge in [0.1, 0.15) is 0 Å². The van der Waals surface area contributed by atoms with Crippen LogP contribution in [-0.4, -0.2) is 11.9 Å². The van der Waals surface area contributed by atoms with Gasteiger partial charge < -0.3 is 11.5 Å². The van der Waals surface area contributed by atoms with E-state index in [4.69, 9.17) is 11.5 Å². The molecule has 0 aliphatic carbocycles. The molecular formula is C5H10N2O. The quantitative estimate of drug-likeness (QED) is 0.480. The number of amides is 1. The van der Waals surface area contributed by atoms with E-state index in [0.717, 1.165) is 0 Å². The molecule has 0 spiro atoms. The molecule has 1 atom stereocenters. The maximum absolute atomic E-state index is 10.1. The molecular weight excluding hydrogens is 104 g/mol. The lowest BCUT2D eigenvalue weighted by Gasteiger charge is -1.98. The summed E-state index contributed by atoms with van der Waals surface area (Å²) in [6.07, 6.45) is 1.67. The van der Waals surface area contributed by atoms with Gasteiger partial charge in [-0.25, -0.2) is 0 Å². The van der Waals surface area contributed by atoms with Gasteiger partial charge in [0.15, 0.2) is 0 Å². The summed E-state index contributed by atoms with van der Waals surface area (Å²) in [7, 11) is 0. The van der Waals surface area contributed by atoms with Crippen molar-refractivity contribution in [2.24, 2.45) is 11.5 Å². The summed E-state index contributed by atoms with van der Waals surface area (Å²) in [5.41, 5.74) is 10.1. The second-order valence-corrected chi connectivity index (χ2v) is 1.57. The van der Waals surface area contributed by atoms with E-state index in [9.17, 15) is 4.79 Å². The molecule has 46 valence electrons. The molecule has 3 heteroatoms. The van der Waals surface area contributed by atoms with Crippen LogP contribution in [0.15, 0.2) is 12.7 Å². The molecule has 0 aromatic rings. The molecule has 0 aliphatic heterocycles. The summed E-state index contributed by atoms with van der Waals surface area (Å²) in [6.45, 7) is 3.38. The Morgan fingerprint density at radius 2 is 2.38 bits per heavy atom. The van der Waals surface area contributed by atoms with Crippen molar-refractivity contribution in [2.45, 2.75) is 12.5 Å². The maximum atomic E-state index is 10.1. The van der Waals surface area contributed by atoms with E-state index < -0.39 is 5.91 Å². The molecule has 0 bridgehead atoms. The SMILES string of the molecule is C=C[C@@H](N)CC(N)=O. The zero-order chi connectivity index (χ0) is 6.57. The molecule has 0 heterocycles. The first kappa shape index (κ1) is 7.17. The van der Waals surface area contributed by atoms with Gasteiger partial charge in [-0.15, -0.1) is 6.58 Å². The minimum atomic E-state index is -0.391. The fraction of sp³-hybridized carbons (Fsp3) is 0.400. The van der Waals surface area contributed by atoms with Gasteiger partial charge in [0, 0.05) is 12.5 Å². The smallest absolute Gasteiger partial charge is 0.219 e. The van der Waals surface area contributed by atoms with Crippen molar-refractivity contribution in [1.29, 1.82) is 0 Å². The van der Waals surface area contributed by atoms with Crippen molar-refractivity contribution >= 4 is 5.91 Å². The van der Waals surface area contributed by atoms with Gasteiger partial charge in [0.05, 0.1) is 0 Å². The molecule has 0 radical (unpaired) electrons. The summed E-state index contributed by atoms with van der Waals surface area (Å²) in [4.78, 5) is 10.1. The molecule has 4 N–H and O–H groups in total. The standard InChI is InChI=1S/C5H10N2O/c1-2-4(6)3-5(7)8/h2,4H,1,3,6H2,(H2,7,8)/t4-/m1/s1. The minimum Gasteiger partial charge on any atom is -0.370 e. The molecule has 0 aromatic carbocycles. The normalized spacial score (nSPS) is 12.6. The third-order valence-corrected chi connectivity index (χ3v) is 0.740. The van der Waals surface area contributed by atoms with Crippen molar-refractivity contribution in [3.63, 3.8) is 0 Å². The first-order valence-corrected chi connectivity index (χ1v) is 2.33. The average molecular weight is 114 g/mol. The molecule has 0 aliphatic rings. The molecule has 0 fully saturated rings. The van der Waals surface area contributed by atoms with Crippen LogP contribution in [-0.2, 0) is 4.79 Å². The Bertz CT molecular complexity index is 101. The Labute approximate surface area is 48.4 Å². The van der Waals surface area contributed by atoms with Crippen LogP contribution in [0.5, 0.6) is 0 Å². The number of nitrogens with two attached hydrogens (primary N) is 2. The zero-order valence-corrected chi connectivity index (χ0v) is 4.63. The predicted octanol–water partition coefficient (Wildman–Crippen LogP) is -0.625. The molecule has 1 amide bonds. The van der Waals surface area contributed by atoms with Gasteiger partial charge in [-0.05, 0) is 0 Å². The Balaban J connectivity index is 3.38. The van der Waals surface area contributed by atoms with Crippen LogP contribution >= 0.6 is 0 Å². The Morgan fingerprint density at radius 1 is 1.88 bits per heavy atom. The molecule has 0 unspecified atom stereocenters. The highest BCUT2D eigenvalue weighted by Gasteiger charge is 1.98. The molecule has 0 rings (SSSR count). The van der Waals surface area contributed by atoms with E-state index in [1.165, 1.54) is 6.08 Å². The number of hydrogen-bond donors (Lipinski definition) is 2. The van der Waals surface area contributed by atoms with E-state index in [-0.39, 0.29) is 12.5 Å². The van der Waals surface area contributed by atoms with Crippen LogP contribution in [0.3, 0.4) is 0 Å². The van der Waals surface area contributed by atoms with E-state index in [1.54, 1.807) is 0 Å². The number of carbonyl (C=O) groups excluding carboxylic acids is 1. The minimum absolute atomic E-state index is 0.184. The number of primary amides is 1. The zero-order valence-electron chi connectivity index (χ0n) is 4.63. The number of rotatable bonds is 3. The summed E-state index contributed by atoms with van der Waals surface area (Å²) < 4.78 is 0. The van der Waals surface area contributed by atoms with E-state index in [2.05, 4.69) is 6.58 Å². The summed E-state index contributed by atoms with van der Waals surface area (Å²) in [5, 5.41) is 0. The van der Waals surface area contributed by atoms with Gasteiger partial charge in [-0.3, -0.25) is 4.79 Å². The lowest BCUT2D eigenvalue weighted by atomic mass is 10.2. The molecule has 0 saturated carbocycles. The Morgan fingerprint density at radius 3 is 2.50 bits per heavy atom. The first-order valence-electron chi connectivity index (χ1n) is 2.33. The van der Waals surface area contributed by atoms with Crippen LogP contribution in [0.1, 0.15) is 6.42 Å². The molecule has 8 heavy (non-hydrogen) atoms. The highest BCUT2D eigenvalue weighted by molar-refractivity contribution is 5.74. The van der Waals surface area contributed by atoms with Crippen LogP contribution in [0.2, 0.25) is 0 Å². The van der Waals surface area contributed by atoms with Gasteiger partial charge in [0.25, 0.3) is 0 Å². The van der Waals surface area contributed by atoms with Crippen molar-refractivity contribution in [1.82, 2.24) is 0 Å². The van der Waals surface area contributed by atoms with Crippen molar-refractivity contribution in [3.05, 3.63) is 12.7 Å². The van der Waals surface area contributed by atoms with E-state index >= 15 is 0 Å². The van der Waals surface area contributed by atoms with Crippen LogP contribution in [0, 0.1) is 0 Å². The topological polar surface area (TPSA) is 69.1 Å². The van der Waals surface area contributed by atoms with Gasteiger partial charge in [-0.2, -0.15) is 0 Å². The summed E-state index contributed by atoms with van der Waals surface area (Å²) in [5.74, 6) is -0.391. The lowest BCUT2D eigenvalue weighted by molar-refractivity contribution is -0.118. The fourth-order valence-electron chi connectivity index (χ4n) is 0.316. The lowest BCUT2D eigenvalue weighted by Crippen LogP contribution is -2.25. The average Bonchev–Trinajstić information content (AvgIpc) is 1.65. The van der Waals surface area contributed by atoms with Crippen molar-refractivity contribution in [2.75, 3.05) is 0 Å². The van der Waals surface area contributed by atoms with E-state index in [1.807, 2.05) is 0 Å². The van der Waals surface area contributed by atoms with Crippen molar-refractivity contribution in [3.8, 4) is 0 Å². The summed E-state index contributed by atoms with van der Waals surface area (Å²) in [6, 6.07) is -0.285. The summed E-state index contributed by atoms with van der Waals surface area (Å²) >= 11 is 0.